The number of sulfone groups is 2. The SMILES string of the molecule is CCCCS(=O)(=O)/C=C\[C@@H]1[C@@H](S(=O)(=O)CCCC)[C@H]2C=C[C@H]1C2. The van der Waals surface area contributed by atoms with E-state index in [1.165, 1.54) is 5.41 Å². The fraction of sp³-hybridized carbons (Fsp3) is 0.765. The van der Waals surface area contributed by atoms with Gasteiger partial charge in [0, 0.05) is 11.3 Å². The molecule has 1 fully saturated rings. The summed E-state index contributed by atoms with van der Waals surface area (Å²) in [6.45, 7) is 3.93. The van der Waals surface area contributed by atoms with E-state index < -0.39 is 24.9 Å². The molecular formula is C17H28O4S2. The Hall–Kier alpha value is -0.620. The molecule has 0 aromatic rings. The number of fused-ring (bicyclic) bond motifs is 2. The Balaban J connectivity index is 2.18. The van der Waals surface area contributed by atoms with Crippen molar-refractivity contribution in [3.63, 3.8) is 0 Å². The van der Waals surface area contributed by atoms with Crippen molar-refractivity contribution in [2.75, 3.05) is 11.5 Å². The molecule has 4 atom stereocenters. The van der Waals surface area contributed by atoms with E-state index in [-0.39, 0.29) is 29.3 Å². The third-order valence-corrected chi connectivity index (χ3v) is 8.71. The molecule has 0 amide bonds. The van der Waals surface area contributed by atoms with Crippen LogP contribution in [0.5, 0.6) is 0 Å². The van der Waals surface area contributed by atoms with Crippen molar-refractivity contribution in [3.05, 3.63) is 23.6 Å². The number of unbranched alkanes of at least 4 members (excludes halogenated alkanes) is 2. The topological polar surface area (TPSA) is 68.3 Å². The highest BCUT2D eigenvalue weighted by Crippen LogP contribution is 2.48. The van der Waals surface area contributed by atoms with E-state index in [0.717, 1.165) is 19.3 Å². The smallest absolute Gasteiger partial charge is 0.171 e. The average molecular weight is 361 g/mol. The Labute approximate surface area is 140 Å². The maximum atomic E-state index is 12.7. The van der Waals surface area contributed by atoms with Crippen molar-refractivity contribution in [1.82, 2.24) is 0 Å². The summed E-state index contributed by atoms with van der Waals surface area (Å²) in [5.41, 5.74) is 0. The van der Waals surface area contributed by atoms with Crippen molar-refractivity contribution >= 4 is 19.7 Å². The van der Waals surface area contributed by atoms with E-state index in [1.54, 1.807) is 6.08 Å². The molecule has 0 aromatic heterocycles. The highest BCUT2D eigenvalue weighted by molar-refractivity contribution is 7.94. The molecule has 0 aliphatic heterocycles. The summed E-state index contributed by atoms with van der Waals surface area (Å²) in [5.74, 6) is 0.374. The highest BCUT2D eigenvalue weighted by Gasteiger charge is 2.49. The Bertz CT molecular complexity index is 659. The first-order valence-electron chi connectivity index (χ1n) is 8.61. The second kappa shape index (κ2) is 7.51. The van der Waals surface area contributed by atoms with Gasteiger partial charge < -0.3 is 0 Å². The van der Waals surface area contributed by atoms with Crippen LogP contribution in [0.4, 0.5) is 0 Å². The van der Waals surface area contributed by atoms with E-state index in [1.807, 2.05) is 19.9 Å². The zero-order valence-corrected chi connectivity index (χ0v) is 15.7. The summed E-state index contributed by atoms with van der Waals surface area (Å²) in [7, 11) is -6.42. The lowest BCUT2D eigenvalue weighted by Crippen LogP contribution is -2.34. The zero-order chi connectivity index (χ0) is 17.1. The number of allylic oxidation sites excluding steroid dienone is 3. The lowest BCUT2D eigenvalue weighted by Gasteiger charge is -2.25. The highest BCUT2D eigenvalue weighted by atomic mass is 32.2. The third kappa shape index (κ3) is 4.47. The van der Waals surface area contributed by atoms with E-state index in [0.29, 0.717) is 12.8 Å². The van der Waals surface area contributed by atoms with Gasteiger partial charge in [-0.25, -0.2) is 16.8 Å². The molecule has 2 aliphatic rings. The van der Waals surface area contributed by atoms with Gasteiger partial charge in [0.2, 0.25) is 0 Å². The largest absolute Gasteiger partial charge is 0.229 e. The van der Waals surface area contributed by atoms with Gasteiger partial charge >= 0.3 is 0 Å². The summed E-state index contributed by atoms with van der Waals surface area (Å²) >= 11 is 0. The number of rotatable bonds is 9. The minimum absolute atomic E-state index is 0.0508. The normalized spacial score (nSPS) is 30.5. The van der Waals surface area contributed by atoms with Crippen LogP contribution < -0.4 is 0 Å². The monoisotopic (exact) mass is 360 g/mol. The van der Waals surface area contributed by atoms with Gasteiger partial charge in [0.1, 0.15) is 0 Å². The van der Waals surface area contributed by atoms with Gasteiger partial charge in [-0.3, -0.25) is 0 Å². The number of hydrogen-bond donors (Lipinski definition) is 0. The molecule has 132 valence electrons. The molecule has 0 radical (unpaired) electrons. The first-order chi connectivity index (χ1) is 10.8. The third-order valence-electron chi connectivity index (χ3n) is 4.93. The quantitative estimate of drug-likeness (QED) is 0.593. The second-order valence-electron chi connectivity index (χ2n) is 6.76. The van der Waals surface area contributed by atoms with Crippen LogP contribution in [0.25, 0.3) is 0 Å². The van der Waals surface area contributed by atoms with Gasteiger partial charge in [-0.1, -0.05) is 44.9 Å². The molecule has 0 heterocycles. The van der Waals surface area contributed by atoms with Crippen molar-refractivity contribution in [2.45, 2.75) is 51.2 Å². The fourth-order valence-corrected chi connectivity index (χ4v) is 7.40. The Morgan fingerprint density at radius 1 is 0.957 bits per heavy atom. The van der Waals surface area contributed by atoms with Gasteiger partial charge in [-0.2, -0.15) is 0 Å². The average Bonchev–Trinajstić information content (AvgIpc) is 3.10. The van der Waals surface area contributed by atoms with Crippen LogP contribution in [0.2, 0.25) is 0 Å². The van der Waals surface area contributed by atoms with Gasteiger partial charge in [0.15, 0.2) is 19.7 Å². The molecular weight excluding hydrogens is 332 g/mol. The molecule has 0 spiro atoms. The van der Waals surface area contributed by atoms with Crippen molar-refractivity contribution < 1.29 is 16.8 Å². The van der Waals surface area contributed by atoms with Crippen LogP contribution in [0, 0.1) is 17.8 Å². The van der Waals surface area contributed by atoms with Crippen LogP contribution in [-0.4, -0.2) is 33.6 Å². The Morgan fingerprint density at radius 2 is 1.57 bits per heavy atom. The van der Waals surface area contributed by atoms with E-state index >= 15 is 0 Å². The van der Waals surface area contributed by atoms with Gasteiger partial charge in [0.05, 0.1) is 16.8 Å². The molecule has 2 bridgehead atoms. The van der Waals surface area contributed by atoms with E-state index in [2.05, 4.69) is 6.08 Å². The predicted molar refractivity (Wildman–Crippen MR) is 94.5 cm³/mol. The molecule has 4 nitrogen and oxygen atoms in total. The minimum atomic E-state index is -3.23. The maximum Gasteiger partial charge on any atom is 0.171 e. The molecule has 0 aromatic carbocycles. The van der Waals surface area contributed by atoms with Gasteiger partial charge in [-0.05, 0) is 31.1 Å². The lowest BCUT2D eigenvalue weighted by molar-refractivity contribution is 0.513. The van der Waals surface area contributed by atoms with Crippen LogP contribution >= 0.6 is 0 Å². The summed E-state index contributed by atoms with van der Waals surface area (Å²) in [6.07, 6.45) is 9.55. The molecule has 0 saturated heterocycles. The minimum Gasteiger partial charge on any atom is -0.229 e. The molecule has 23 heavy (non-hydrogen) atoms. The maximum absolute atomic E-state index is 12.7. The van der Waals surface area contributed by atoms with Gasteiger partial charge in [-0.15, -0.1) is 0 Å². The standard InChI is InChI=1S/C17H28O4S2/c1-3-5-10-22(18,19)12-9-16-14-7-8-15(13-14)17(16)23(20,21)11-6-4-2/h7-9,12,14-17H,3-6,10-11,13H2,1-2H3/b12-9-/t14-,15-,16-,17-/m0/s1. The summed E-state index contributed by atoms with van der Waals surface area (Å²) in [4.78, 5) is 0. The second-order valence-corrected chi connectivity index (χ2v) is 11.0. The molecule has 2 aliphatic carbocycles. The Kier molecular flexibility index (Phi) is 6.11. The zero-order valence-electron chi connectivity index (χ0n) is 14.0. The molecule has 1 saturated carbocycles. The van der Waals surface area contributed by atoms with Crippen LogP contribution in [0.15, 0.2) is 23.6 Å². The van der Waals surface area contributed by atoms with Crippen molar-refractivity contribution in [3.8, 4) is 0 Å². The molecule has 6 heteroatoms. The lowest BCUT2D eigenvalue weighted by atomic mass is 9.93. The molecule has 0 N–H and O–H groups in total. The van der Waals surface area contributed by atoms with Crippen molar-refractivity contribution in [1.29, 1.82) is 0 Å². The Morgan fingerprint density at radius 3 is 2.22 bits per heavy atom. The summed E-state index contributed by atoms with van der Waals surface area (Å²) < 4.78 is 49.4. The van der Waals surface area contributed by atoms with E-state index in [9.17, 15) is 16.8 Å². The van der Waals surface area contributed by atoms with E-state index in [4.69, 9.17) is 0 Å². The van der Waals surface area contributed by atoms with Crippen molar-refractivity contribution in [2.24, 2.45) is 17.8 Å². The molecule has 0 unspecified atom stereocenters. The van der Waals surface area contributed by atoms with Crippen LogP contribution in [0.3, 0.4) is 0 Å². The predicted octanol–water partition coefficient (Wildman–Crippen LogP) is 3.12. The first kappa shape index (κ1) is 18.7. The van der Waals surface area contributed by atoms with Crippen LogP contribution in [-0.2, 0) is 19.7 Å². The number of hydrogen-bond acceptors (Lipinski definition) is 4. The first-order valence-corrected chi connectivity index (χ1v) is 12.0. The summed E-state index contributed by atoms with van der Waals surface area (Å²) in [6, 6.07) is 0. The van der Waals surface area contributed by atoms with Crippen LogP contribution in [0.1, 0.15) is 46.0 Å². The van der Waals surface area contributed by atoms with Gasteiger partial charge in [0.25, 0.3) is 0 Å². The summed E-state index contributed by atoms with van der Waals surface area (Å²) in [5, 5.41) is 0.825. The fourth-order valence-electron chi connectivity index (χ4n) is 3.68. The molecule has 2 rings (SSSR count).